The number of rotatable bonds is 10. The van der Waals surface area contributed by atoms with Gasteiger partial charge in [0.05, 0.1) is 19.9 Å². The first-order valence-electron chi connectivity index (χ1n) is 14.2. The minimum absolute atomic E-state index is 0.0767. The number of methoxy groups -OCH3 is 2. The Balaban J connectivity index is 1.60. The highest BCUT2D eigenvalue weighted by molar-refractivity contribution is 7.09. The van der Waals surface area contributed by atoms with Crippen molar-refractivity contribution >= 4 is 34.7 Å². The molecule has 0 unspecified atom stereocenters. The van der Waals surface area contributed by atoms with Gasteiger partial charge in [0.2, 0.25) is 5.91 Å². The molecule has 1 saturated carbocycles. The monoisotopic (exact) mass is 584 g/mol. The third kappa shape index (κ3) is 6.11. The highest BCUT2D eigenvalue weighted by atomic mass is 32.1. The van der Waals surface area contributed by atoms with Gasteiger partial charge in [-0.25, -0.2) is 0 Å². The summed E-state index contributed by atoms with van der Waals surface area (Å²) < 4.78 is 15.2. The number of carbonyl (C=O) groups is 2. The summed E-state index contributed by atoms with van der Waals surface area (Å²) in [6.07, 6.45) is 4.85. The molecule has 5 rings (SSSR count). The number of nitrogens with two attached hydrogens (primary N) is 1. The molecule has 1 aliphatic carbocycles. The first-order chi connectivity index (χ1) is 20.4. The average molecular weight is 585 g/mol. The van der Waals surface area contributed by atoms with Crippen LogP contribution in [-0.2, 0) is 11.2 Å². The molecular weight excluding hydrogens is 548 g/mol. The molecule has 1 aliphatic rings. The van der Waals surface area contributed by atoms with E-state index in [1.165, 1.54) is 0 Å². The Kier molecular flexibility index (Phi) is 9.07. The first kappa shape index (κ1) is 29.1. The highest BCUT2D eigenvalue weighted by Crippen LogP contribution is 2.37. The second-order valence-corrected chi connectivity index (χ2v) is 11.1. The van der Waals surface area contributed by atoms with Gasteiger partial charge in [-0.05, 0) is 90.5 Å². The van der Waals surface area contributed by atoms with Crippen LogP contribution in [0.2, 0.25) is 0 Å². The molecule has 3 N–H and O–H groups in total. The van der Waals surface area contributed by atoms with E-state index >= 15 is 0 Å². The summed E-state index contributed by atoms with van der Waals surface area (Å²) in [6.45, 7) is 2.08. The molecule has 3 aromatic carbocycles. The summed E-state index contributed by atoms with van der Waals surface area (Å²) in [4.78, 5) is 30.5. The first-order valence-corrected chi connectivity index (χ1v) is 15.0. The predicted octanol–water partition coefficient (Wildman–Crippen LogP) is 6.42. The zero-order valence-corrected chi connectivity index (χ0v) is 24.9. The fourth-order valence-electron chi connectivity index (χ4n) is 5.35. The molecule has 2 amide bonds. The number of amides is 2. The van der Waals surface area contributed by atoms with Gasteiger partial charge in [-0.3, -0.25) is 14.5 Å². The molecule has 9 heteroatoms. The average Bonchev–Trinajstić information content (AvgIpc) is 3.69. The van der Waals surface area contributed by atoms with E-state index in [-0.39, 0.29) is 22.5 Å². The number of nitrogens with zero attached hydrogens (tertiary/aromatic N) is 2. The van der Waals surface area contributed by atoms with Crippen molar-refractivity contribution in [3.8, 4) is 22.8 Å². The molecular formula is C33H36N4O4S. The van der Waals surface area contributed by atoms with Gasteiger partial charge in [-0.2, -0.15) is 4.37 Å². The molecule has 8 nitrogen and oxygen atoms in total. The van der Waals surface area contributed by atoms with E-state index in [4.69, 9.17) is 15.2 Å². The molecule has 1 fully saturated rings. The predicted molar refractivity (Wildman–Crippen MR) is 167 cm³/mol. The maximum atomic E-state index is 14.5. The standard InChI is InChI=1S/C33H36N4O4S/c1-4-21-9-15-25(16-10-21)37(33(39)31-28(34)29(36-42-31)22-11-17-26(40-2)18-12-22)30(23-13-19-27(41-3)20-14-23)32(38)35-24-7-5-6-8-24/h9-20,24,30H,4-8,34H2,1-3H3,(H,35,38)/t30-/m0/s1. The van der Waals surface area contributed by atoms with E-state index in [2.05, 4.69) is 16.6 Å². The molecule has 0 bridgehead atoms. The Hall–Kier alpha value is -4.37. The number of aromatic nitrogens is 1. The molecule has 0 radical (unpaired) electrons. The quantitative estimate of drug-likeness (QED) is 0.223. The number of ether oxygens (including phenoxy) is 2. The fourth-order valence-corrected chi connectivity index (χ4v) is 6.11. The van der Waals surface area contributed by atoms with Gasteiger partial charge >= 0.3 is 0 Å². The minimum atomic E-state index is -0.942. The van der Waals surface area contributed by atoms with Crippen LogP contribution in [0.3, 0.4) is 0 Å². The van der Waals surface area contributed by atoms with Crippen LogP contribution >= 0.6 is 11.5 Å². The Morgan fingerprint density at radius 1 is 0.952 bits per heavy atom. The Labute approximate surface area is 250 Å². The maximum absolute atomic E-state index is 14.5. The second kappa shape index (κ2) is 13.1. The third-order valence-corrected chi connectivity index (χ3v) is 8.62. The summed E-state index contributed by atoms with van der Waals surface area (Å²) in [5.74, 6) is 0.741. The number of carbonyl (C=O) groups excluding carboxylic acids is 2. The van der Waals surface area contributed by atoms with Crippen molar-refractivity contribution in [2.45, 2.75) is 51.1 Å². The normalized spacial score (nSPS) is 13.9. The number of aryl methyl sites for hydroxylation is 1. The van der Waals surface area contributed by atoms with Gasteiger partial charge in [-0.1, -0.05) is 44.0 Å². The third-order valence-electron chi connectivity index (χ3n) is 7.77. The lowest BCUT2D eigenvalue weighted by atomic mass is 10.0. The van der Waals surface area contributed by atoms with Gasteiger partial charge < -0.3 is 20.5 Å². The number of anilines is 2. The van der Waals surface area contributed by atoms with E-state index in [0.717, 1.165) is 54.8 Å². The molecule has 218 valence electrons. The SMILES string of the molecule is CCc1ccc(N(C(=O)c2snc(-c3ccc(OC)cc3)c2N)[C@H](C(=O)NC2CCCC2)c2ccc(OC)cc2)cc1. The van der Waals surface area contributed by atoms with Crippen LogP contribution in [-0.4, -0.2) is 36.4 Å². The van der Waals surface area contributed by atoms with E-state index in [1.807, 2.05) is 60.7 Å². The lowest BCUT2D eigenvalue weighted by Crippen LogP contribution is -2.46. The zero-order valence-electron chi connectivity index (χ0n) is 24.1. The summed E-state index contributed by atoms with van der Waals surface area (Å²) in [5, 5.41) is 3.22. The van der Waals surface area contributed by atoms with Gasteiger partial charge in [0.15, 0.2) is 0 Å². The number of nitrogens with one attached hydrogen (secondary N) is 1. The molecule has 0 saturated heterocycles. The van der Waals surface area contributed by atoms with Gasteiger partial charge in [0, 0.05) is 17.3 Å². The lowest BCUT2D eigenvalue weighted by Gasteiger charge is -2.32. The molecule has 1 atom stereocenters. The van der Waals surface area contributed by atoms with Crippen molar-refractivity contribution in [3.63, 3.8) is 0 Å². The van der Waals surface area contributed by atoms with Crippen LogP contribution < -0.4 is 25.4 Å². The number of hydrogen-bond acceptors (Lipinski definition) is 7. The topological polar surface area (TPSA) is 107 Å². The van der Waals surface area contributed by atoms with Crippen molar-refractivity contribution in [1.29, 1.82) is 0 Å². The van der Waals surface area contributed by atoms with Crippen LogP contribution in [0.15, 0.2) is 72.8 Å². The molecule has 0 spiro atoms. The lowest BCUT2D eigenvalue weighted by molar-refractivity contribution is -0.123. The summed E-state index contributed by atoms with van der Waals surface area (Å²) in [7, 11) is 3.20. The van der Waals surface area contributed by atoms with Gasteiger partial charge in [0.25, 0.3) is 5.91 Å². The van der Waals surface area contributed by atoms with E-state index < -0.39 is 11.9 Å². The Bertz CT molecular complexity index is 1510. The number of benzene rings is 3. The largest absolute Gasteiger partial charge is 0.497 e. The van der Waals surface area contributed by atoms with E-state index in [9.17, 15) is 9.59 Å². The Morgan fingerprint density at radius 2 is 1.55 bits per heavy atom. The summed E-state index contributed by atoms with van der Waals surface area (Å²) in [6, 6.07) is 21.5. The highest BCUT2D eigenvalue weighted by Gasteiger charge is 2.36. The molecule has 1 heterocycles. The molecule has 4 aromatic rings. The van der Waals surface area contributed by atoms with Crippen molar-refractivity contribution in [3.05, 3.63) is 88.8 Å². The van der Waals surface area contributed by atoms with Crippen LogP contribution in [0, 0.1) is 0 Å². The van der Waals surface area contributed by atoms with Crippen LogP contribution in [0.4, 0.5) is 11.4 Å². The minimum Gasteiger partial charge on any atom is -0.497 e. The van der Waals surface area contributed by atoms with Crippen LogP contribution in [0.1, 0.15) is 59.4 Å². The van der Waals surface area contributed by atoms with Crippen molar-refractivity contribution in [2.24, 2.45) is 0 Å². The van der Waals surface area contributed by atoms with Crippen molar-refractivity contribution in [2.75, 3.05) is 24.9 Å². The molecule has 42 heavy (non-hydrogen) atoms. The van der Waals surface area contributed by atoms with E-state index in [0.29, 0.717) is 28.4 Å². The maximum Gasteiger partial charge on any atom is 0.273 e. The van der Waals surface area contributed by atoms with E-state index in [1.54, 1.807) is 31.3 Å². The molecule has 1 aromatic heterocycles. The van der Waals surface area contributed by atoms with Crippen LogP contribution in [0.25, 0.3) is 11.3 Å². The second-order valence-electron chi connectivity index (χ2n) is 10.4. The zero-order chi connectivity index (χ0) is 29.6. The molecule has 0 aliphatic heterocycles. The van der Waals surface area contributed by atoms with Crippen molar-refractivity contribution in [1.82, 2.24) is 9.69 Å². The van der Waals surface area contributed by atoms with Crippen molar-refractivity contribution < 1.29 is 19.1 Å². The summed E-state index contributed by atoms with van der Waals surface area (Å²) >= 11 is 1.03. The fraction of sp³-hybridized carbons (Fsp3) is 0.303. The number of hydrogen-bond donors (Lipinski definition) is 2. The number of nitrogen functional groups attached to an aromatic ring is 1. The smallest absolute Gasteiger partial charge is 0.273 e. The van der Waals surface area contributed by atoms with Gasteiger partial charge in [-0.15, -0.1) is 0 Å². The van der Waals surface area contributed by atoms with Crippen LogP contribution in [0.5, 0.6) is 11.5 Å². The summed E-state index contributed by atoms with van der Waals surface area (Å²) in [5.41, 5.74) is 10.6. The Morgan fingerprint density at radius 3 is 2.12 bits per heavy atom. The van der Waals surface area contributed by atoms with Gasteiger partial charge in [0.1, 0.15) is 28.1 Å².